The van der Waals surface area contributed by atoms with E-state index in [4.69, 9.17) is 0 Å². The Balaban J connectivity index is 1.77. The monoisotopic (exact) mass is 337 g/mol. The lowest BCUT2D eigenvalue weighted by Crippen LogP contribution is -2.44. The van der Waals surface area contributed by atoms with Gasteiger partial charge in [-0.15, -0.1) is 0 Å². The number of benzene rings is 1. The van der Waals surface area contributed by atoms with Gasteiger partial charge in [0.05, 0.1) is 17.6 Å². The lowest BCUT2D eigenvalue weighted by atomic mass is 10.1. The molecule has 5 nitrogen and oxygen atoms in total. The Morgan fingerprint density at radius 2 is 1.92 bits per heavy atom. The normalized spacial score (nSPS) is 15.7. The van der Waals surface area contributed by atoms with Gasteiger partial charge in [0.2, 0.25) is 0 Å². The Morgan fingerprint density at radius 1 is 1.12 bits per heavy atom. The molecule has 6 heteroatoms. The second-order valence-electron chi connectivity index (χ2n) is 6.36. The molecule has 0 N–H and O–H groups in total. The summed E-state index contributed by atoms with van der Waals surface area (Å²) >= 11 is 0. The molecule has 0 saturated carbocycles. The summed E-state index contributed by atoms with van der Waals surface area (Å²) in [5.41, 5.74) is 3.93. The van der Waals surface area contributed by atoms with Gasteiger partial charge >= 0.3 is 0 Å². The van der Waals surface area contributed by atoms with E-state index in [2.05, 4.69) is 33.5 Å². The largest absolute Gasteiger partial charge is 0.369 e. The second-order valence-corrected chi connectivity index (χ2v) is 6.36. The molecule has 0 aliphatic carbocycles. The molecule has 0 bridgehead atoms. The molecule has 128 valence electrons. The number of aromatic nitrogens is 3. The highest BCUT2D eigenvalue weighted by molar-refractivity contribution is 5.68. The van der Waals surface area contributed by atoms with Crippen molar-refractivity contribution in [2.75, 3.05) is 38.1 Å². The van der Waals surface area contributed by atoms with E-state index < -0.39 is 0 Å². The van der Waals surface area contributed by atoms with Crippen LogP contribution in [0.2, 0.25) is 0 Å². The van der Waals surface area contributed by atoms with Crippen molar-refractivity contribution >= 4 is 17.4 Å². The Labute approximate surface area is 146 Å². The molecular weight excluding hydrogens is 317 g/mol. The van der Waals surface area contributed by atoms with Crippen molar-refractivity contribution in [1.29, 1.82) is 0 Å². The van der Waals surface area contributed by atoms with Gasteiger partial charge in [-0.1, -0.05) is 6.58 Å². The van der Waals surface area contributed by atoms with Crippen LogP contribution >= 0.6 is 0 Å². The molecule has 0 radical (unpaired) electrons. The molecule has 0 atom stereocenters. The highest BCUT2D eigenvalue weighted by Crippen LogP contribution is 2.27. The summed E-state index contributed by atoms with van der Waals surface area (Å²) in [6, 6.07) is 8.89. The molecule has 0 spiro atoms. The third kappa shape index (κ3) is 3.00. The number of nitrogens with zero attached hydrogens (tertiary/aromatic N) is 5. The maximum atomic E-state index is 14.3. The first-order valence-corrected chi connectivity index (χ1v) is 8.36. The summed E-state index contributed by atoms with van der Waals surface area (Å²) in [6.45, 7) is 7.50. The maximum absolute atomic E-state index is 14.3. The van der Waals surface area contributed by atoms with E-state index in [1.165, 1.54) is 6.07 Å². The fourth-order valence-corrected chi connectivity index (χ4v) is 3.16. The van der Waals surface area contributed by atoms with E-state index in [0.29, 0.717) is 0 Å². The average molecular weight is 337 g/mol. The number of imidazole rings is 1. The van der Waals surface area contributed by atoms with Gasteiger partial charge in [0.1, 0.15) is 5.82 Å². The van der Waals surface area contributed by atoms with Crippen molar-refractivity contribution in [3.8, 4) is 11.3 Å². The smallest absolute Gasteiger partial charge is 0.154 e. The maximum Gasteiger partial charge on any atom is 0.154 e. The van der Waals surface area contributed by atoms with Crippen LogP contribution < -0.4 is 4.90 Å². The molecule has 1 aliphatic heterocycles. The predicted molar refractivity (Wildman–Crippen MR) is 98.2 cm³/mol. The first-order valence-electron chi connectivity index (χ1n) is 8.36. The zero-order chi connectivity index (χ0) is 17.4. The topological polar surface area (TPSA) is 36.7 Å². The minimum Gasteiger partial charge on any atom is -0.369 e. The van der Waals surface area contributed by atoms with Gasteiger partial charge in [-0.2, -0.15) is 5.10 Å². The lowest BCUT2D eigenvalue weighted by molar-refractivity contribution is 0.313. The minimum absolute atomic E-state index is 0.249. The van der Waals surface area contributed by atoms with Gasteiger partial charge in [0, 0.05) is 37.4 Å². The third-order valence-electron chi connectivity index (χ3n) is 4.64. The molecule has 0 amide bonds. The number of fused-ring (bicyclic) bond motifs is 1. The highest BCUT2D eigenvalue weighted by atomic mass is 19.1. The van der Waals surface area contributed by atoms with Crippen LogP contribution in [0.4, 0.5) is 10.1 Å². The summed E-state index contributed by atoms with van der Waals surface area (Å²) in [6.07, 6.45) is 3.42. The predicted octanol–water partition coefficient (Wildman–Crippen LogP) is 2.93. The molecule has 2 aromatic heterocycles. The minimum atomic E-state index is -0.249. The van der Waals surface area contributed by atoms with Gasteiger partial charge < -0.3 is 9.80 Å². The van der Waals surface area contributed by atoms with E-state index in [9.17, 15) is 4.39 Å². The van der Waals surface area contributed by atoms with Crippen molar-refractivity contribution in [2.24, 2.45) is 0 Å². The lowest BCUT2D eigenvalue weighted by Gasteiger charge is -2.34. The molecule has 1 fully saturated rings. The van der Waals surface area contributed by atoms with Crippen LogP contribution in [0.15, 0.2) is 43.1 Å². The summed E-state index contributed by atoms with van der Waals surface area (Å²) in [5, 5.41) is 4.51. The van der Waals surface area contributed by atoms with Crippen LogP contribution in [0.5, 0.6) is 0 Å². The third-order valence-corrected chi connectivity index (χ3v) is 4.64. The standard InChI is InChI=1S/C19H20FN5/c1-3-16-4-5-19-21-13-18(25(19)22-16)14-10-15(20)12-17(11-14)24-8-6-23(2)7-9-24/h3-5,10-13H,1,6-9H2,2H3. The van der Waals surface area contributed by atoms with Gasteiger partial charge in [-0.25, -0.2) is 13.9 Å². The number of piperazine rings is 1. The number of hydrogen-bond acceptors (Lipinski definition) is 4. The van der Waals surface area contributed by atoms with Crippen LogP contribution in [0.1, 0.15) is 5.69 Å². The summed E-state index contributed by atoms with van der Waals surface area (Å²) in [7, 11) is 2.11. The Morgan fingerprint density at radius 3 is 2.68 bits per heavy atom. The van der Waals surface area contributed by atoms with Gasteiger partial charge in [-0.05, 0) is 43.5 Å². The Hall–Kier alpha value is -2.73. The number of rotatable bonds is 3. The SMILES string of the molecule is C=Cc1ccc2ncc(-c3cc(F)cc(N4CCN(C)CC4)c3)n2n1. The highest BCUT2D eigenvalue weighted by Gasteiger charge is 2.17. The van der Waals surface area contributed by atoms with Crippen molar-refractivity contribution < 1.29 is 4.39 Å². The average Bonchev–Trinajstić information content (AvgIpc) is 3.04. The zero-order valence-electron chi connectivity index (χ0n) is 14.2. The molecule has 1 aliphatic rings. The number of likely N-dealkylation sites (N-methyl/N-ethyl adjacent to an activating group) is 1. The molecule has 4 rings (SSSR count). The Bertz CT molecular complexity index is 925. The van der Waals surface area contributed by atoms with E-state index in [1.807, 2.05) is 18.2 Å². The van der Waals surface area contributed by atoms with Crippen molar-refractivity contribution in [2.45, 2.75) is 0 Å². The van der Waals surface area contributed by atoms with Gasteiger partial charge in [0.15, 0.2) is 5.65 Å². The Kier molecular flexibility index (Phi) is 3.97. The van der Waals surface area contributed by atoms with Crippen LogP contribution in [0.25, 0.3) is 23.0 Å². The summed E-state index contributed by atoms with van der Waals surface area (Å²) in [4.78, 5) is 8.88. The molecule has 3 aromatic rings. The second kappa shape index (κ2) is 6.29. The van der Waals surface area contributed by atoms with Crippen molar-refractivity contribution in [3.05, 3.63) is 54.6 Å². The van der Waals surface area contributed by atoms with Crippen LogP contribution in [-0.2, 0) is 0 Å². The van der Waals surface area contributed by atoms with Crippen LogP contribution in [-0.4, -0.2) is 52.7 Å². The van der Waals surface area contributed by atoms with Crippen molar-refractivity contribution in [3.63, 3.8) is 0 Å². The number of hydrogen-bond donors (Lipinski definition) is 0. The molecular formula is C19H20FN5. The van der Waals surface area contributed by atoms with E-state index >= 15 is 0 Å². The fraction of sp³-hybridized carbons (Fsp3) is 0.263. The van der Waals surface area contributed by atoms with E-state index in [1.54, 1.807) is 22.9 Å². The number of anilines is 1. The molecule has 1 aromatic carbocycles. The van der Waals surface area contributed by atoms with Gasteiger partial charge in [-0.3, -0.25) is 0 Å². The zero-order valence-corrected chi connectivity index (χ0v) is 14.2. The van der Waals surface area contributed by atoms with Gasteiger partial charge in [0.25, 0.3) is 0 Å². The molecule has 25 heavy (non-hydrogen) atoms. The van der Waals surface area contributed by atoms with Crippen molar-refractivity contribution in [1.82, 2.24) is 19.5 Å². The first kappa shape index (κ1) is 15.8. The quantitative estimate of drug-likeness (QED) is 0.736. The number of halogens is 1. The first-order chi connectivity index (χ1) is 12.1. The van der Waals surface area contributed by atoms with E-state index in [0.717, 1.165) is 54.5 Å². The summed E-state index contributed by atoms with van der Waals surface area (Å²) in [5.74, 6) is -0.249. The van der Waals surface area contributed by atoms with Crippen LogP contribution in [0.3, 0.4) is 0 Å². The summed E-state index contributed by atoms with van der Waals surface area (Å²) < 4.78 is 16.0. The van der Waals surface area contributed by atoms with E-state index in [-0.39, 0.29) is 5.82 Å². The molecule has 3 heterocycles. The molecule has 0 unspecified atom stereocenters. The van der Waals surface area contributed by atoms with Crippen LogP contribution in [0, 0.1) is 5.82 Å². The fourth-order valence-electron chi connectivity index (χ4n) is 3.16. The molecule has 1 saturated heterocycles.